The molecule has 3 N–H and O–H groups in total. The zero-order chi connectivity index (χ0) is 11.4. The maximum Gasteiger partial charge on any atom is 0.188 e. The van der Waals surface area contributed by atoms with Crippen LogP contribution in [0.1, 0.15) is 26.5 Å². The number of rotatable bonds is 4. The van der Waals surface area contributed by atoms with E-state index in [-0.39, 0.29) is 5.84 Å². The molecule has 0 bridgehead atoms. The van der Waals surface area contributed by atoms with Gasteiger partial charge in [-0.25, -0.2) is 9.97 Å². The first-order valence-electron chi connectivity index (χ1n) is 4.84. The number of nitrogens with two attached hydrogens (primary N) is 1. The highest BCUT2D eigenvalue weighted by atomic mass is 32.2. The molecule has 5 heteroatoms. The van der Waals surface area contributed by atoms with Crippen LogP contribution in [0, 0.1) is 11.3 Å². The molecule has 1 unspecified atom stereocenters. The lowest BCUT2D eigenvalue weighted by atomic mass is 10.2. The SMILES string of the molecule is CC(C)C(C)Sc1nccc(C(=N)N)n1. The summed E-state index contributed by atoms with van der Waals surface area (Å²) in [5, 5.41) is 8.41. The standard InChI is InChI=1S/C10H16N4S/c1-6(2)7(3)15-10-13-5-4-8(14-10)9(11)12/h4-7H,1-3H3,(H3,11,12). The van der Waals surface area contributed by atoms with Gasteiger partial charge in [-0.05, 0) is 12.0 Å². The molecule has 1 aromatic heterocycles. The summed E-state index contributed by atoms with van der Waals surface area (Å²) in [6.45, 7) is 6.46. The molecule has 1 rings (SSSR count). The van der Waals surface area contributed by atoms with Crippen molar-refractivity contribution < 1.29 is 0 Å². The van der Waals surface area contributed by atoms with Crippen LogP contribution in [0.3, 0.4) is 0 Å². The summed E-state index contributed by atoms with van der Waals surface area (Å²) in [5.74, 6) is 0.552. The molecular formula is C10H16N4S. The van der Waals surface area contributed by atoms with Gasteiger partial charge < -0.3 is 5.73 Å². The van der Waals surface area contributed by atoms with Crippen molar-refractivity contribution in [1.82, 2.24) is 9.97 Å². The lowest BCUT2D eigenvalue weighted by Crippen LogP contribution is -2.14. The van der Waals surface area contributed by atoms with Crippen molar-refractivity contribution in [2.24, 2.45) is 11.7 Å². The lowest BCUT2D eigenvalue weighted by Gasteiger charge is -2.13. The molecule has 0 saturated carbocycles. The molecule has 82 valence electrons. The fourth-order valence-electron chi connectivity index (χ4n) is 0.850. The molecule has 15 heavy (non-hydrogen) atoms. The lowest BCUT2D eigenvalue weighted by molar-refractivity contribution is 0.640. The average Bonchev–Trinajstić information content (AvgIpc) is 2.18. The van der Waals surface area contributed by atoms with Crippen LogP contribution in [-0.2, 0) is 0 Å². The molecule has 1 heterocycles. The molecule has 0 radical (unpaired) electrons. The van der Waals surface area contributed by atoms with Crippen molar-refractivity contribution in [2.45, 2.75) is 31.2 Å². The maximum absolute atomic E-state index is 7.28. The zero-order valence-electron chi connectivity index (χ0n) is 9.19. The van der Waals surface area contributed by atoms with Gasteiger partial charge in [-0.15, -0.1) is 0 Å². The summed E-state index contributed by atoms with van der Waals surface area (Å²) in [6.07, 6.45) is 1.64. The van der Waals surface area contributed by atoms with Gasteiger partial charge in [0.1, 0.15) is 11.5 Å². The predicted molar refractivity (Wildman–Crippen MR) is 63.2 cm³/mol. The highest BCUT2D eigenvalue weighted by Gasteiger charge is 2.11. The first-order chi connectivity index (χ1) is 7.00. The van der Waals surface area contributed by atoms with Gasteiger partial charge in [-0.2, -0.15) is 0 Å². The van der Waals surface area contributed by atoms with E-state index < -0.39 is 0 Å². The molecule has 1 aromatic rings. The van der Waals surface area contributed by atoms with Gasteiger partial charge in [-0.1, -0.05) is 32.5 Å². The number of hydrogen-bond donors (Lipinski definition) is 2. The molecular weight excluding hydrogens is 208 g/mol. The predicted octanol–water partition coefficient (Wildman–Crippen LogP) is 1.90. The summed E-state index contributed by atoms with van der Waals surface area (Å²) in [5.41, 5.74) is 5.85. The van der Waals surface area contributed by atoms with Gasteiger partial charge in [-0.3, -0.25) is 5.41 Å². The Hall–Kier alpha value is -1.10. The summed E-state index contributed by atoms with van der Waals surface area (Å²) >= 11 is 1.61. The fourth-order valence-corrected chi connectivity index (χ4v) is 1.73. The smallest absolute Gasteiger partial charge is 0.188 e. The van der Waals surface area contributed by atoms with Crippen molar-refractivity contribution in [3.63, 3.8) is 0 Å². The van der Waals surface area contributed by atoms with E-state index in [1.54, 1.807) is 24.0 Å². The Kier molecular flexibility index (Phi) is 4.08. The number of nitrogens with zero attached hydrogens (tertiary/aromatic N) is 2. The highest BCUT2D eigenvalue weighted by Crippen LogP contribution is 2.24. The van der Waals surface area contributed by atoms with Crippen LogP contribution in [-0.4, -0.2) is 21.1 Å². The Balaban J connectivity index is 2.78. The van der Waals surface area contributed by atoms with E-state index in [4.69, 9.17) is 11.1 Å². The molecule has 0 aliphatic carbocycles. The normalized spacial score (nSPS) is 12.8. The first-order valence-corrected chi connectivity index (χ1v) is 5.72. The van der Waals surface area contributed by atoms with Crippen molar-refractivity contribution in [2.75, 3.05) is 0 Å². The zero-order valence-corrected chi connectivity index (χ0v) is 10.0. The van der Waals surface area contributed by atoms with E-state index >= 15 is 0 Å². The van der Waals surface area contributed by atoms with E-state index in [2.05, 4.69) is 30.7 Å². The van der Waals surface area contributed by atoms with E-state index in [1.165, 1.54) is 0 Å². The fraction of sp³-hybridized carbons (Fsp3) is 0.500. The van der Waals surface area contributed by atoms with Crippen molar-refractivity contribution in [3.05, 3.63) is 18.0 Å². The summed E-state index contributed by atoms with van der Waals surface area (Å²) in [6, 6.07) is 1.65. The summed E-state index contributed by atoms with van der Waals surface area (Å²) in [4.78, 5) is 8.34. The molecule has 0 aliphatic heterocycles. The van der Waals surface area contributed by atoms with Gasteiger partial charge >= 0.3 is 0 Å². The van der Waals surface area contributed by atoms with Gasteiger partial charge in [0.05, 0.1) is 0 Å². The molecule has 0 aliphatic rings. The molecule has 0 saturated heterocycles. The molecule has 4 nitrogen and oxygen atoms in total. The molecule has 0 amide bonds. The van der Waals surface area contributed by atoms with E-state index in [1.807, 2.05) is 0 Å². The second-order valence-electron chi connectivity index (χ2n) is 3.71. The number of thioether (sulfide) groups is 1. The quantitative estimate of drug-likeness (QED) is 0.354. The molecule has 0 fully saturated rings. The Morgan fingerprint density at radius 3 is 2.67 bits per heavy atom. The van der Waals surface area contributed by atoms with Crippen LogP contribution in [0.25, 0.3) is 0 Å². The Labute approximate surface area is 94.2 Å². The van der Waals surface area contributed by atoms with Gasteiger partial charge in [0.15, 0.2) is 5.16 Å². The molecule has 0 aromatic carbocycles. The van der Waals surface area contributed by atoms with Crippen molar-refractivity contribution >= 4 is 17.6 Å². The number of hydrogen-bond acceptors (Lipinski definition) is 4. The Morgan fingerprint density at radius 1 is 1.47 bits per heavy atom. The van der Waals surface area contributed by atoms with Crippen molar-refractivity contribution in [1.29, 1.82) is 5.41 Å². The number of aromatic nitrogens is 2. The van der Waals surface area contributed by atoms with Crippen LogP contribution in [0.2, 0.25) is 0 Å². The minimum atomic E-state index is -0.0172. The van der Waals surface area contributed by atoms with Gasteiger partial charge in [0.2, 0.25) is 0 Å². The third-order valence-electron chi connectivity index (χ3n) is 2.14. The van der Waals surface area contributed by atoms with Crippen molar-refractivity contribution in [3.8, 4) is 0 Å². The topological polar surface area (TPSA) is 75.7 Å². The molecule has 1 atom stereocenters. The second kappa shape index (κ2) is 5.11. The van der Waals surface area contributed by atoms with E-state index in [0.717, 1.165) is 0 Å². The Bertz CT molecular complexity index is 351. The number of nitrogens with one attached hydrogen (secondary N) is 1. The monoisotopic (exact) mass is 224 g/mol. The third kappa shape index (κ3) is 3.51. The van der Waals surface area contributed by atoms with E-state index in [0.29, 0.717) is 22.0 Å². The number of amidine groups is 1. The summed E-state index contributed by atoms with van der Waals surface area (Å²) < 4.78 is 0. The minimum Gasteiger partial charge on any atom is -0.382 e. The van der Waals surface area contributed by atoms with Crippen LogP contribution < -0.4 is 5.73 Å². The van der Waals surface area contributed by atoms with Crippen LogP contribution in [0.5, 0.6) is 0 Å². The third-order valence-corrected chi connectivity index (χ3v) is 3.46. The van der Waals surface area contributed by atoms with Crippen LogP contribution in [0.4, 0.5) is 0 Å². The number of nitrogen functional groups attached to an aromatic ring is 1. The Morgan fingerprint density at radius 2 is 2.13 bits per heavy atom. The average molecular weight is 224 g/mol. The second-order valence-corrected chi connectivity index (χ2v) is 5.05. The summed E-state index contributed by atoms with van der Waals surface area (Å²) in [7, 11) is 0. The minimum absolute atomic E-state index is 0.0172. The highest BCUT2D eigenvalue weighted by molar-refractivity contribution is 7.99. The van der Waals surface area contributed by atoms with Crippen LogP contribution >= 0.6 is 11.8 Å². The van der Waals surface area contributed by atoms with Crippen LogP contribution in [0.15, 0.2) is 17.4 Å². The van der Waals surface area contributed by atoms with Gasteiger partial charge in [0.25, 0.3) is 0 Å². The van der Waals surface area contributed by atoms with Gasteiger partial charge in [0, 0.05) is 11.4 Å². The van der Waals surface area contributed by atoms with E-state index in [9.17, 15) is 0 Å². The largest absolute Gasteiger partial charge is 0.382 e. The first kappa shape index (κ1) is 12.0. The molecule has 0 spiro atoms. The maximum atomic E-state index is 7.28.